The fourth-order valence-corrected chi connectivity index (χ4v) is 3.26. The first-order chi connectivity index (χ1) is 8.70. The molecule has 0 radical (unpaired) electrons. The van der Waals surface area contributed by atoms with E-state index in [1.54, 1.807) is 11.3 Å². The molecule has 0 amide bonds. The van der Waals surface area contributed by atoms with Gasteiger partial charge in [-0.2, -0.15) is 0 Å². The minimum Gasteiger partial charge on any atom is -0.250 e. The Hall–Kier alpha value is -0.860. The second-order valence-corrected chi connectivity index (χ2v) is 5.91. The maximum absolute atomic E-state index is 6.12. The molecule has 0 spiro atoms. The van der Waals surface area contributed by atoms with Gasteiger partial charge in [-0.1, -0.05) is 29.8 Å². The molecule has 0 aliphatic rings. The number of nitrogens with zero attached hydrogens (tertiary/aromatic N) is 1. The third-order valence-electron chi connectivity index (χ3n) is 3.26. The van der Waals surface area contributed by atoms with Gasteiger partial charge in [-0.3, -0.25) is 0 Å². The van der Waals surface area contributed by atoms with Gasteiger partial charge in [-0.15, -0.1) is 22.9 Å². The number of hydrogen-bond donors (Lipinski definition) is 0. The Morgan fingerprint density at radius 1 is 1.33 bits per heavy atom. The first kappa shape index (κ1) is 13.6. The average Bonchev–Trinajstić information content (AvgIpc) is 2.76. The molecule has 18 heavy (non-hydrogen) atoms. The fourth-order valence-electron chi connectivity index (χ4n) is 2.13. The highest BCUT2D eigenvalue weighted by Gasteiger charge is 2.12. The monoisotopic (exact) mass is 279 g/mol. The Balaban J connectivity index is 2.04. The second-order valence-electron chi connectivity index (χ2n) is 4.66. The first-order valence-electron chi connectivity index (χ1n) is 6.22. The van der Waals surface area contributed by atoms with E-state index in [4.69, 9.17) is 11.6 Å². The third kappa shape index (κ3) is 3.33. The van der Waals surface area contributed by atoms with E-state index in [0.29, 0.717) is 11.8 Å². The zero-order valence-electron chi connectivity index (χ0n) is 10.8. The van der Waals surface area contributed by atoms with Crippen molar-refractivity contribution >= 4 is 22.9 Å². The zero-order valence-corrected chi connectivity index (χ0v) is 12.4. The molecule has 0 saturated heterocycles. The van der Waals surface area contributed by atoms with E-state index in [1.165, 1.54) is 16.0 Å². The molecule has 96 valence electrons. The molecule has 1 atom stereocenters. The van der Waals surface area contributed by atoms with Crippen molar-refractivity contribution in [2.24, 2.45) is 0 Å². The molecule has 0 N–H and O–H groups in total. The first-order valence-corrected chi connectivity index (χ1v) is 7.63. The van der Waals surface area contributed by atoms with Crippen molar-refractivity contribution in [2.45, 2.75) is 32.6 Å². The van der Waals surface area contributed by atoms with Crippen molar-refractivity contribution < 1.29 is 0 Å². The topological polar surface area (TPSA) is 12.9 Å². The van der Waals surface area contributed by atoms with E-state index in [9.17, 15) is 0 Å². The van der Waals surface area contributed by atoms with Crippen LogP contribution in [0.3, 0.4) is 0 Å². The number of alkyl halides is 1. The minimum absolute atomic E-state index is 0.438. The molecule has 3 heteroatoms. The summed E-state index contributed by atoms with van der Waals surface area (Å²) in [5, 5.41) is 0. The van der Waals surface area contributed by atoms with Gasteiger partial charge in [0.15, 0.2) is 0 Å². The summed E-state index contributed by atoms with van der Waals surface area (Å²) in [6, 6.07) is 8.66. The summed E-state index contributed by atoms with van der Waals surface area (Å²) in [6.45, 7) is 4.20. The summed E-state index contributed by atoms with van der Waals surface area (Å²) in [6.07, 6.45) is 2.16. The number of hydrogen-bond acceptors (Lipinski definition) is 2. The van der Waals surface area contributed by atoms with Gasteiger partial charge in [0.05, 0.1) is 11.2 Å². The van der Waals surface area contributed by atoms with Crippen molar-refractivity contribution in [1.29, 1.82) is 0 Å². The molecule has 0 saturated carbocycles. The van der Waals surface area contributed by atoms with Crippen LogP contribution in [-0.2, 0) is 6.42 Å². The Kier molecular flexibility index (Phi) is 4.79. The standard InChI is InChI=1S/C15H18ClNS/c1-11-4-3-5-13(8-11)14(9-16)6-7-15-12(2)17-10-18-15/h3-5,8,10,14H,6-7,9H2,1-2H3. The van der Waals surface area contributed by atoms with E-state index >= 15 is 0 Å². The maximum Gasteiger partial charge on any atom is 0.0797 e. The molecule has 0 bridgehead atoms. The van der Waals surface area contributed by atoms with Crippen LogP contribution in [0.25, 0.3) is 0 Å². The molecule has 0 aliphatic heterocycles. The van der Waals surface area contributed by atoms with Gasteiger partial charge in [-0.05, 0) is 38.2 Å². The molecule has 2 aromatic rings. The highest BCUT2D eigenvalue weighted by molar-refractivity contribution is 7.09. The Morgan fingerprint density at radius 3 is 2.78 bits per heavy atom. The van der Waals surface area contributed by atoms with Crippen molar-refractivity contribution in [3.63, 3.8) is 0 Å². The van der Waals surface area contributed by atoms with Crippen LogP contribution in [0.5, 0.6) is 0 Å². The van der Waals surface area contributed by atoms with Crippen LogP contribution in [0.15, 0.2) is 29.8 Å². The lowest BCUT2D eigenvalue weighted by Crippen LogP contribution is -2.03. The van der Waals surface area contributed by atoms with Gasteiger partial charge in [-0.25, -0.2) is 4.98 Å². The summed E-state index contributed by atoms with van der Waals surface area (Å²) in [4.78, 5) is 5.68. The Bertz CT molecular complexity index is 507. The number of thiazole rings is 1. The van der Waals surface area contributed by atoms with Crippen LogP contribution in [-0.4, -0.2) is 10.9 Å². The van der Waals surface area contributed by atoms with Gasteiger partial charge in [0.25, 0.3) is 0 Å². The Morgan fingerprint density at radius 2 is 2.17 bits per heavy atom. The van der Waals surface area contributed by atoms with Gasteiger partial charge < -0.3 is 0 Å². The van der Waals surface area contributed by atoms with E-state index in [1.807, 2.05) is 5.51 Å². The van der Waals surface area contributed by atoms with Gasteiger partial charge in [0.2, 0.25) is 0 Å². The maximum atomic E-state index is 6.12. The van der Waals surface area contributed by atoms with Gasteiger partial charge in [0, 0.05) is 10.8 Å². The zero-order chi connectivity index (χ0) is 13.0. The molecule has 1 nitrogen and oxygen atoms in total. The predicted molar refractivity (Wildman–Crippen MR) is 79.8 cm³/mol. The molecule has 0 fully saturated rings. The SMILES string of the molecule is Cc1cccc(C(CCl)CCc2scnc2C)c1. The summed E-state index contributed by atoms with van der Waals surface area (Å²) in [5.41, 5.74) is 5.74. The highest BCUT2D eigenvalue weighted by Crippen LogP contribution is 2.25. The van der Waals surface area contributed by atoms with Crippen LogP contribution < -0.4 is 0 Å². The van der Waals surface area contributed by atoms with Crippen molar-refractivity contribution in [3.05, 3.63) is 51.5 Å². The summed E-state index contributed by atoms with van der Waals surface area (Å²) < 4.78 is 0. The molecule has 1 aromatic heterocycles. The van der Waals surface area contributed by atoms with Crippen LogP contribution >= 0.6 is 22.9 Å². The van der Waals surface area contributed by atoms with E-state index in [-0.39, 0.29) is 0 Å². The average molecular weight is 280 g/mol. The lowest BCUT2D eigenvalue weighted by atomic mass is 9.94. The quantitative estimate of drug-likeness (QED) is 0.722. The van der Waals surface area contributed by atoms with E-state index in [0.717, 1.165) is 18.5 Å². The molecule has 1 heterocycles. The smallest absolute Gasteiger partial charge is 0.0797 e. The summed E-state index contributed by atoms with van der Waals surface area (Å²) in [5.74, 6) is 1.12. The van der Waals surface area contributed by atoms with Crippen LogP contribution in [0, 0.1) is 13.8 Å². The fraction of sp³-hybridized carbons (Fsp3) is 0.400. The van der Waals surface area contributed by atoms with Crippen LogP contribution in [0.1, 0.15) is 34.0 Å². The molecule has 2 rings (SSSR count). The number of rotatable bonds is 5. The van der Waals surface area contributed by atoms with Crippen LogP contribution in [0.2, 0.25) is 0 Å². The number of aromatic nitrogens is 1. The van der Waals surface area contributed by atoms with Crippen LogP contribution in [0.4, 0.5) is 0 Å². The largest absolute Gasteiger partial charge is 0.250 e. The number of benzene rings is 1. The second kappa shape index (κ2) is 6.35. The third-order valence-corrected chi connectivity index (χ3v) is 4.63. The van der Waals surface area contributed by atoms with Crippen molar-refractivity contribution in [1.82, 2.24) is 4.98 Å². The van der Waals surface area contributed by atoms with Gasteiger partial charge >= 0.3 is 0 Å². The lowest BCUT2D eigenvalue weighted by Gasteiger charge is -2.14. The molecule has 1 aromatic carbocycles. The molecular weight excluding hydrogens is 262 g/mol. The summed E-state index contributed by atoms with van der Waals surface area (Å²) >= 11 is 7.87. The lowest BCUT2D eigenvalue weighted by molar-refractivity contribution is 0.687. The Labute approximate surface area is 118 Å². The molecular formula is C15H18ClNS. The van der Waals surface area contributed by atoms with E-state index < -0.39 is 0 Å². The van der Waals surface area contributed by atoms with Gasteiger partial charge in [0.1, 0.15) is 0 Å². The molecule has 0 aliphatic carbocycles. The van der Waals surface area contributed by atoms with Crippen molar-refractivity contribution in [2.75, 3.05) is 5.88 Å². The molecule has 1 unspecified atom stereocenters. The number of halogens is 1. The van der Waals surface area contributed by atoms with E-state index in [2.05, 4.69) is 43.1 Å². The predicted octanol–water partition coefficient (Wildman–Crippen LogP) is 4.72. The normalized spacial score (nSPS) is 12.6. The summed E-state index contributed by atoms with van der Waals surface area (Å²) in [7, 11) is 0. The van der Waals surface area contributed by atoms with Crippen molar-refractivity contribution in [3.8, 4) is 0 Å². The number of aryl methyl sites for hydroxylation is 3. The minimum atomic E-state index is 0.438. The highest BCUT2D eigenvalue weighted by atomic mass is 35.5.